The Labute approximate surface area is 120 Å². The van der Waals surface area contributed by atoms with Crippen molar-refractivity contribution in [1.82, 2.24) is 4.72 Å². The molecule has 19 heavy (non-hydrogen) atoms. The van der Waals surface area contributed by atoms with Gasteiger partial charge in [-0.15, -0.1) is 22.7 Å². The van der Waals surface area contributed by atoms with E-state index in [4.69, 9.17) is 5.11 Å². The molecule has 4 nitrogen and oxygen atoms in total. The Bertz CT molecular complexity index is 643. The first-order chi connectivity index (χ1) is 9.06. The van der Waals surface area contributed by atoms with Gasteiger partial charge in [0.15, 0.2) is 0 Å². The molecule has 0 saturated heterocycles. The minimum absolute atomic E-state index is 0.173. The van der Waals surface area contributed by atoms with E-state index >= 15 is 0 Å². The van der Waals surface area contributed by atoms with Crippen LogP contribution in [-0.4, -0.2) is 13.5 Å². The molecule has 0 atom stereocenters. The van der Waals surface area contributed by atoms with Gasteiger partial charge in [-0.2, -0.15) is 0 Å². The fourth-order valence-corrected chi connectivity index (χ4v) is 4.92. The third-order valence-corrected chi connectivity index (χ3v) is 6.39. The number of aliphatic hydroxyl groups excluding tert-OH is 1. The van der Waals surface area contributed by atoms with Crippen LogP contribution in [-0.2, 0) is 29.6 Å². The summed E-state index contributed by atoms with van der Waals surface area (Å²) in [5.74, 6) is 0. The van der Waals surface area contributed by atoms with Crippen molar-refractivity contribution in [3.8, 4) is 0 Å². The maximum Gasteiger partial charge on any atom is 0.242 e. The molecule has 0 amide bonds. The topological polar surface area (TPSA) is 66.4 Å². The summed E-state index contributed by atoms with van der Waals surface area (Å²) in [7, 11) is -3.55. The van der Waals surface area contributed by atoms with Crippen molar-refractivity contribution in [2.75, 3.05) is 0 Å². The molecule has 0 radical (unpaired) electrons. The molecule has 0 aliphatic carbocycles. The van der Waals surface area contributed by atoms with E-state index < -0.39 is 10.0 Å². The monoisotopic (exact) mass is 317 g/mol. The van der Waals surface area contributed by atoms with Gasteiger partial charge in [-0.3, -0.25) is 0 Å². The molecule has 0 bridgehead atoms. The third-order valence-electron chi connectivity index (χ3n) is 2.64. The fraction of sp³-hybridized carbons (Fsp3) is 0.333. The predicted molar refractivity (Wildman–Crippen MR) is 78.0 cm³/mol. The van der Waals surface area contributed by atoms with E-state index in [1.54, 1.807) is 16.7 Å². The summed E-state index contributed by atoms with van der Waals surface area (Å²) >= 11 is 2.85. The van der Waals surface area contributed by atoms with Crippen molar-refractivity contribution in [2.45, 2.75) is 31.4 Å². The van der Waals surface area contributed by atoms with Crippen molar-refractivity contribution >= 4 is 32.7 Å². The van der Waals surface area contributed by atoms with Crippen LogP contribution in [0.25, 0.3) is 0 Å². The number of rotatable bonds is 6. The minimum Gasteiger partial charge on any atom is -0.391 e. The van der Waals surface area contributed by atoms with E-state index in [1.165, 1.54) is 22.3 Å². The lowest BCUT2D eigenvalue weighted by molar-refractivity contribution is 0.282. The van der Waals surface area contributed by atoms with E-state index in [-0.39, 0.29) is 18.0 Å². The summed E-state index contributed by atoms with van der Waals surface area (Å²) in [4.78, 5) is 2.86. The zero-order chi connectivity index (χ0) is 13.9. The summed E-state index contributed by atoms with van der Waals surface area (Å²) in [6.07, 6.45) is 0.955. The van der Waals surface area contributed by atoms with Gasteiger partial charge in [0.2, 0.25) is 10.0 Å². The highest BCUT2D eigenvalue weighted by molar-refractivity contribution is 7.89. The van der Waals surface area contributed by atoms with Gasteiger partial charge in [0, 0.05) is 21.2 Å². The molecule has 104 valence electrons. The summed E-state index contributed by atoms with van der Waals surface area (Å²) in [6.45, 7) is 2.10. The molecule has 2 N–H and O–H groups in total. The van der Waals surface area contributed by atoms with Crippen molar-refractivity contribution < 1.29 is 13.5 Å². The number of aliphatic hydroxyl groups is 1. The van der Waals surface area contributed by atoms with Crippen LogP contribution < -0.4 is 4.72 Å². The molecule has 0 fully saturated rings. The smallest absolute Gasteiger partial charge is 0.242 e. The van der Waals surface area contributed by atoms with Crippen molar-refractivity contribution in [2.24, 2.45) is 0 Å². The number of hydrogen-bond donors (Lipinski definition) is 2. The molecular weight excluding hydrogens is 302 g/mol. The molecule has 7 heteroatoms. The standard InChI is InChI=1S/C12H15NO3S3/c1-2-9-3-4-10(18-9)7-13-19(15,16)12-5-6-17-11(12)8-14/h3-6,13-14H,2,7-8H2,1H3. The lowest BCUT2D eigenvalue weighted by Crippen LogP contribution is -2.23. The van der Waals surface area contributed by atoms with Gasteiger partial charge in [0.1, 0.15) is 0 Å². The van der Waals surface area contributed by atoms with Crippen molar-refractivity contribution in [1.29, 1.82) is 0 Å². The highest BCUT2D eigenvalue weighted by atomic mass is 32.2. The van der Waals surface area contributed by atoms with Crippen LogP contribution >= 0.6 is 22.7 Å². The van der Waals surface area contributed by atoms with E-state index in [0.29, 0.717) is 4.88 Å². The lowest BCUT2D eigenvalue weighted by Gasteiger charge is -2.05. The van der Waals surface area contributed by atoms with Gasteiger partial charge in [-0.25, -0.2) is 13.1 Å². The van der Waals surface area contributed by atoms with Crippen molar-refractivity contribution in [3.63, 3.8) is 0 Å². The average Bonchev–Trinajstić information content (AvgIpc) is 3.05. The second-order valence-corrected chi connectivity index (χ2v) is 7.90. The van der Waals surface area contributed by atoms with E-state index in [1.807, 2.05) is 12.1 Å². The zero-order valence-corrected chi connectivity index (χ0v) is 12.9. The van der Waals surface area contributed by atoms with Crippen LogP contribution in [0.2, 0.25) is 0 Å². The minimum atomic E-state index is -3.55. The summed E-state index contributed by atoms with van der Waals surface area (Å²) < 4.78 is 26.8. The molecule has 2 aromatic rings. The van der Waals surface area contributed by atoms with E-state index in [9.17, 15) is 8.42 Å². The first-order valence-corrected chi connectivity index (χ1v) is 8.99. The van der Waals surface area contributed by atoms with Crippen LogP contribution in [0.5, 0.6) is 0 Å². The van der Waals surface area contributed by atoms with Gasteiger partial charge >= 0.3 is 0 Å². The Kier molecular flexibility index (Phi) is 4.75. The number of nitrogens with one attached hydrogen (secondary N) is 1. The Hall–Kier alpha value is -0.730. The highest BCUT2D eigenvalue weighted by Crippen LogP contribution is 2.22. The lowest BCUT2D eigenvalue weighted by atomic mass is 10.4. The first kappa shape index (κ1) is 14.7. The number of thiophene rings is 2. The van der Waals surface area contributed by atoms with Crippen LogP contribution in [0.3, 0.4) is 0 Å². The van der Waals surface area contributed by atoms with Crippen LogP contribution in [0, 0.1) is 0 Å². The maximum atomic E-state index is 12.1. The molecule has 0 aromatic carbocycles. The van der Waals surface area contributed by atoms with E-state index in [2.05, 4.69) is 11.6 Å². The van der Waals surface area contributed by atoms with Crippen LogP contribution in [0.15, 0.2) is 28.5 Å². The van der Waals surface area contributed by atoms with Crippen LogP contribution in [0.4, 0.5) is 0 Å². The summed E-state index contributed by atoms with van der Waals surface area (Å²) in [6, 6.07) is 5.47. The van der Waals surface area contributed by atoms with Gasteiger partial charge < -0.3 is 5.11 Å². The largest absolute Gasteiger partial charge is 0.391 e. The molecule has 2 rings (SSSR count). The van der Waals surface area contributed by atoms with Gasteiger partial charge in [0.05, 0.1) is 11.5 Å². The second kappa shape index (κ2) is 6.15. The molecule has 0 aliphatic heterocycles. The van der Waals surface area contributed by atoms with Crippen molar-refractivity contribution in [3.05, 3.63) is 38.2 Å². The van der Waals surface area contributed by atoms with Gasteiger partial charge in [-0.05, 0) is 30.0 Å². The number of aryl methyl sites for hydroxylation is 1. The molecule has 0 aliphatic rings. The van der Waals surface area contributed by atoms with Crippen LogP contribution in [0.1, 0.15) is 21.6 Å². The summed E-state index contributed by atoms with van der Waals surface area (Å²) in [5, 5.41) is 10.8. The zero-order valence-electron chi connectivity index (χ0n) is 10.4. The SMILES string of the molecule is CCc1ccc(CNS(=O)(=O)c2ccsc2CO)s1. The van der Waals surface area contributed by atoms with Gasteiger partial charge in [-0.1, -0.05) is 6.92 Å². The Balaban J connectivity index is 2.09. The first-order valence-electron chi connectivity index (χ1n) is 5.81. The Morgan fingerprint density at radius 2 is 2.00 bits per heavy atom. The third kappa shape index (κ3) is 3.43. The average molecular weight is 317 g/mol. The quantitative estimate of drug-likeness (QED) is 0.859. The number of hydrogen-bond acceptors (Lipinski definition) is 5. The maximum absolute atomic E-state index is 12.1. The molecule has 0 spiro atoms. The molecule has 2 aromatic heterocycles. The molecule has 0 saturated carbocycles. The predicted octanol–water partition coefficient (Wildman–Crippen LogP) is 2.34. The highest BCUT2D eigenvalue weighted by Gasteiger charge is 2.19. The van der Waals surface area contributed by atoms with Gasteiger partial charge in [0.25, 0.3) is 0 Å². The fourth-order valence-electron chi connectivity index (χ4n) is 1.63. The second-order valence-electron chi connectivity index (χ2n) is 3.91. The molecule has 2 heterocycles. The molecule has 0 unspecified atom stereocenters. The Morgan fingerprint density at radius 3 is 2.63 bits per heavy atom. The summed E-state index contributed by atoms with van der Waals surface area (Å²) in [5.41, 5.74) is 0. The molecular formula is C12H15NO3S3. The van der Waals surface area contributed by atoms with E-state index in [0.717, 1.165) is 11.3 Å². The Morgan fingerprint density at radius 1 is 1.26 bits per heavy atom. The normalized spacial score (nSPS) is 11.9. The number of sulfonamides is 1.